The second kappa shape index (κ2) is 10.9. The SMILES string of the molecule is CCn1c(CSCc2ccc(C)cc2)nnc1SCC(=O)NC1CCCCC1. The number of benzene rings is 1. The molecule has 0 saturated heterocycles. The predicted molar refractivity (Wildman–Crippen MR) is 118 cm³/mol. The maximum absolute atomic E-state index is 12.3. The van der Waals surface area contributed by atoms with Crippen molar-refractivity contribution in [2.45, 2.75) is 75.2 Å². The molecule has 1 saturated carbocycles. The van der Waals surface area contributed by atoms with Gasteiger partial charge in [-0.05, 0) is 32.3 Å². The van der Waals surface area contributed by atoms with Crippen molar-refractivity contribution in [3.8, 4) is 0 Å². The van der Waals surface area contributed by atoms with Gasteiger partial charge in [-0.15, -0.1) is 22.0 Å². The van der Waals surface area contributed by atoms with Gasteiger partial charge in [-0.1, -0.05) is 60.9 Å². The Balaban J connectivity index is 1.47. The molecule has 0 bridgehead atoms. The minimum atomic E-state index is 0.109. The number of thioether (sulfide) groups is 2. The van der Waals surface area contributed by atoms with Crippen molar-refractivity contribution >= 4 is 29.4 Å². The monoisotopic (exact) mass is 418 g/mol. The van der Waals surface area contributed by atoms with E-state index in [9.17, 15) is 4.79 Å². The predicted octanol–water partition coefficient (Wildman–Crippen LogP) is 4.58. The van der Waals surface area contributed by atoms with Crippen LogP contribution in [0.15, 0.2) is 29.4 Å². The van der Waals surface area contributed by atoms with Gasteiger partial charge in [0.05, 0.1) is 11.5 Å². The first kappa shape index (κ1) is 21.2. The van der Waals surface area contributed by atoms with Crippen LogP contribution >= 0.6 is 23.5 Å². The molecule has 0 unspecified atom stereocenters. The van der Waals surface area contributed by atoms with Crippen LogP contribution in [0.5, 0.6) is 0 Å². The molecule has 0 aliphatic heterocycles. The lowest BCUT2D eigenvalue weighted by atomic mass is 9.95. The highest BCUT2D eigenvalue weighted by Crippen LogP contribution is 2.22. The molecule has 1 amide bonds. The van der Waals surface area contributed by atoms with Crippen molar-refractivity contribution < 1.29 is 4.79 Å². The minimum absolute atomic E-state index is 0.109. The van der Waals surface area contributed by atoms with Crippen LogP contribution in [-0.4, -0.2) is 32.5 Å². The molecule has 1 fully saturated rings. The molecule has 0 spiro atoms. The second-order valence-electron chi connectivity index (χ2n) is 7.31. The number of hydrogen-bond donors (Lipinski definition) is 1. The summed E-state index contributed by atoms with van der Waals surface area (Å²) < 4.78 is 2.13. The minimum Gasteiger partial charge on any atom is -0.353 e. The Bertz CT molecular complexity index is 754. The van der Waals surface area contributed by atoms with Crippen LogP contribution in [0.1, 0.15) is 56.0 Å². The van der Waals surface area contributed by atoms with Crippen molar-refractivity contribution in [2.24, 2.45) is 0 Å². The first-order valence-electron chi connectivity index (χ1n) is 10.1. The van der Waals surface area contributed by atoms with Gasteiger partial charge in [-0.25, -0.2) is 0 Å². The molecule has 3 rings (SSSR count). The van der Waals surface area contributed by atoms with Gasteiger partial charge < -0.3 is 9.88 Å². The lowest BCUT2D eigenvalue weighted by molar-refractivity contribution is -0.119. The topological polar surface area (TPSA) is 59.8 Å². The standard InChI is InChI=1S/C21H30N4OS2/c1-3-25-19(14-27-13-17-11-9-16(2)10-12-17)23-24-21(25)28-15-20(26)22-18-7-5-4-6-8-18/h9-12,18H,3-8,13-15H2,1-2H3,(H,22,26). The van der Waals surface area contributed by atoms with Gasteiger partial charge in [0.15, 0.2) is 5.16 Å². The molecular formula is C21H30N4OS2. The summed E-state index contributed by atoms with van der Waals surface area (Å²) >= 11 is 3.33. The smallest absolute Gasteiger partial charge is 0.230 e. The van der Waals surface area contributed by atoms with Crippen molar-refractivity contribution in [1.82, 2.24) is 20.1 Å². The number of nitrogens with zero attached hydrogens (tertiary/aromatic N) is 3. The molecule has 0 radical (unpaired) electrons. The van der Waals surface area contributed by atoms with E-state index in [0.717, 1.165) is 41.9 Å². The third kappa shape index (κ3) is 6.27. The number of carbonyl (C=O) groups is 1. The molecule has 7 heteroatoms. The average Bonchev–Trinajstić information content (AvgIpc) is 3.10. The van der Waals surface area contributed by atoms with Crippen LogP contribution in [0.25, 0.3) is 0 Å². The third-order valence-electron chi connectivity index (χ3n) is 5.03. The summed E-state index contributed by atoms with van der Waals surface area (Å²) in [5.41, 5.74) is 2.61. The van der Waals surface area contributed by atoms with Crippen molar-refractivity contribution in [3.63, 3.8) is 0 Å². The maximum Gasteiger partial charge on any atom is 0.230 e. The van der Waals surface area contributed by atoms with E-state index < -0.39 is 0 Å². The highest BCUT2D eigenvalue weighted by molar-refractivity contribution is 7.99. The highest BCUT2D eigenvalue weighted by Gasteiger charge is 2.17. The normalized spacial score (nSPS) is 14.9. The molecule has 1 N–H and O–H groups in total. The lowest BCUT2D eigenvalue weighted by Crippen LogP contribution is -2.37. The molecule has 5 nitrogen and oxygen atoms in total. The van der Waals surface area contributed by atoms with Crippen molar-refractivity contribution in [1.29, 1.82) is 0 Å². The number of nitrogens with one attached hydrogen (secondary N) is 1. The summed E-state index contributed by atoms with van der Waals surface area (Å²) in [5, 5.41) is 12.7. The summed E-state index contributed by atoms with van der Waals surface area (Å²) in [6, 6.07) is 9.02. The van der Waals surface area contributed by atoms with Crippen LogP contribution in [0.2, 0.25) is 0 Å². The molecule has 1 aromatic heterocycles. The number of amides is 1. The van der Waals surface area contributed by atoms with Crippen LogP contribution < -0.4 is 5.32 Å². The van der Waals surface area contributed by atoms with Gasteiger partial charge in [-0.3, -0.25) is 4.79 Å². The summed E-state index contributed by atoms with van der Waals surface area (Å²) in [4.78, 5) is 12.3. The molecular weight excluding hydrogens is 388 g/mol. The van der Waals surface area contributed by atoms with E-state index in [-0.39, 0.29) is 5.91 Å². The molecule has 28 heavy (non-hydrogen) atoms. The van der Waals surface area contributed by atoms with E-state index >= 15 is 0 Å². The Morgan fingerprint density at radius 2 is 1.89 bits per heavy atom. The van der Waals surface area contributed by atoms with E-state index in [1.165, 1.54) is 42.2 Å². The van der Waals surface area contributed by atoms with Crippen LogP contribution in [0, 0.1) is 6.92 Å². The van der Waals surface area contributed by atoms with E-state index in [0.29, 0.717) is 11.8 Å². The summed E-state index contributed by atoms with van der Waals surface area (Å²) in [5.74, 6) is 3.28. The van der Waals surface area contributed by atoms with Gasteiger partial charge in [0.1, 0.15) is 5.82 Å². The average molecular weight is 419 g/mol. The Labute approximate surface area is 176 Å². The highest BCUT2D eigenvalue weighted by atomic mass is 32.2. The summed E-state index contributed by atoms with van der Waals surface area (Å²) in [6.07, 6.45) is 5.98. The van der Waals surface area contributed by atoms with E-state index in [1.807, 2.05) is 11.8 Å². The van der Waals surface area contributed by atoms with Gasteiger partial charge >= 0.3 is 0 Å². The van der Waals surface area contributed by atoms with E-state index in [2.05, 4.69) is 58.2 Å². The summed E-state index contributed by atoms with van der Waals surface area (Å²) in [7, 11) is 0. The lowest BCUT2D eigenvalue weighted by Gasteiger charge is -2.22. The van der Waals surface area contributed by atoms with E-state index in [4.69, 9.17) is 0 Å². The number of aryl methyl sites for hydroxylation is 1. The quantitative estimate of drug-likeness (QED) is 0.604. The van der Waals surface area contributed by atoms with Crippen LogP contribution in [-0.2, 0) is 22.8 Å². The molecule has 1 aliphatic rings. The first-order valence-corrected chi connectivity index (χ1v) is 12.3. The summed E-state index contributed by atoms with van der Waals surface area (Å²) in [6.45, 7) is 5.03. The van der Waals surface area contributed by atoms with Gasteiger partial charge in [0.2, 0.25) is 5.91 Å². The van der Waals surface area contributed by atoms with Gasteiger partial charge in [0.25, 0.3) is 0 Å². The van der Waals surface area contributed by atoms with Crippen LogP contribution in [0.3, 0.4) is 0 Å². The zero-order chi connectivity index (χ0) is 19.8. The van der Waals surface area contributed by atoms with Crippen molar-refractivity contribution in [3.05, 3.63) is 41.2 Å². The third-order valence-corrected chi connectivity index (χ3v) is 7.00. The Morgan fingerprint density at radius 3 is 2.61 bits per heavy atom. The fourth-order valence-electron chi connectivity index (χ4n) is 3.44. The molecule has 152 valence electrons. The van der Waals surface area contributed by atoms with Crippen LogP contribution in [0.4, 0.5) is 0 Å². The molecule has 2 aromatic rings. The second-order valence-corrected chi connectivity index (χ2v) is 9.24. The van der Waals surface area contributed by atoms with Gasteiger partial charge in [0, 0.05) is 18.3 Å². The Kier molecular flexibility index (Phi) is 8.27. The number of rotatable bonds is 9. The molecule has 1 aliphatic carbocycles. The first-order chi connectivity index (χ1) is 13.7. The molecule has 1 heterocycles. The van der Waals surface area contributed by atoms with Crippen molar-refractivity contribution in [2.75, 3.05) is 5.75 Å². The molecule has 1 aromatic carbocycles. The Hall–Kier alpha value is -1.47. The zero-order valence-corrected chi connectivity index (χ0v) is 18.5. The number of carbonyl (C=O) groups excluding carboxylic acids is 1. The number of aromatic nitrogens is 3. The Morgan fingerprint density at radius 1 is 1.14 bits per heavy atom. The molecule has 0 atom stereocenters. The largest absolute Gasteiger partial charge is 0.353 e. The maximum atomic E-state index is 12.3. The zero-order valence-electron chi connectivity index (χ0n) is 16.8. The fraction of sp³-hybridized carbons (Fsp3) is 0.571. The number of hydrogen-bond acceptors (Lipinski definition) is 5. The van der Waals surface area contributed by atoms with Gasteiger partial charge in [-0.2, -0.15) is 0 Å². The van der Waals surface area contributed by atoms with E-state index in [1.54, 1.807) is 0 Å². The fourth-order valence-corrected chi connectivity index (χ4v) is 5.20.